The van der Waals surface area contributed by atoms with Gasteiger partial charge in [0.1, 0.15) is 0 Å². The summed E-state index contributed by atoms with van der Waals surface area (Å²) in [5.41, 5.74) is 6.09. The number of carboxylic acid groups (broad SMARTS) is 1. The van der Waals surface area contributed by atoms with Gasteiger partial charge in [0.05, 0.1) is 24.4 Å². The zero-order chi connectivity index (χ0) is 25.4. The number of anilines is 1. The van der Waals surface area contributed by atoms with E-state index in [1.807, 2.05) is 17.0 Å². The van der Waals surface area contributed by atoms with Gasteiger partial charge in [-0.1, -0.05) is 43.5 Å². The Morgan fingerprint density at radius 2 is 1.74 bits per heavy atom. The van der Waals surface area contributed by atoms with Gasteiger partial charge < -0.3 is 24.2 Å². The molecule has 202 valence electrons. The monoisotopic (exact) mass is 537 g/mol. The lowest BCUT2D eigenvalue weighted by atomic mass is 9.81. The van der Waals surface area contributed by atoms with Crippen molar-refractivity contribution in [2.45, 2.75) is 51.0 Å². The lowest BCUT2D eigenvalue weighted by Gasteiger charge is -2.28. The van der Waals surface area contributed by atoms with E-state index in [9.17, 15) is 14.7 Å². The third-order valence-electron chi connectivity index (χ3n) is 8.36. The number of amides is 1. The van der Waals surface area contributed by atoms with Gasteiger partial charge in [-0.05, 0) is 48.9 Å². The van der Waals surface area contributed by atoms with Gasteiger partial charge in [-0.15, -0.1) is 12.4 Å². The van der Waals surface area contributed by atoms with Gasteiger partial charge in [0.25, 0.3) is 0 Å². The predicted octanol–water partition coefficient (Wildman–Crippen LogP) is 5.54. The fraction of sp³-hybridized carbons (Fsp3) is 0.467. The van der Waals surface area contributed by atoms with E-state index < -0.39 is 5.97 Å². The van der Waals surface area contributed by atoms with Crippen LogP contribution in [-0.2, 0) is 16.1 Å². The summed E-state index contributed by atoms with van der Waals surface area (Å²) in [4.78, 5) is 29.4. The van der Waals surface area contributed by atoms with E-state index in [-0.39, 0.29) is 18.3 Å². The topological polar surface area (TPSA) is 75.0 Å². The van der Waals surface area contributed by atoms with Crippen molar-refractivity contribution in [3.05, 3.63) is 53.6 Å². The smallest absolute Gasteiger partial charge is 0.335 e. The summed E-state index contributed by atoms with van der Waals surface area (Å²) in [5.74, 6) is -0.307. The number of carboxylic acids is 1. The van der Waals surface area contributed by atoms with Crippen LogP contribution in [0.5, 0.6) is 0 Å². The number of nitrogens with zero attached hydrogens (tertiary/aromatic N) is 3. The molecule has 1 saturated carbocycles. The first-order chi connectivity index (χ1) is 18.1. The van der Waals surface area contributed by atoms with Crippen LogP contribution in [0.25, 0.3) is 22.2 Å². The molecule has 6 rings (SSSR count). The maximum Gasteiger partial charge on any atom is 0.335 e. The third-order valence-corrected chi connectivity index (χ3v) is 8.36. The molecule has 2 aliphatic heterocycles. The number of ether oxygens (including phenoxy) is 1. The van der Waals surface area contributed by atoms with Crippen molar-refractivity contribution < 1.29 is 19.4 Å². The first-order valence-corrected chi connectivity index (χ1v) is 13.7. The van der Waals surface area contributed by atoms with Crippen molar-refractivity contribution in [2.75, 3.05) is 44.3 Å². The SMILES string of the molecule is Cl.O=C(O)c1ccc2c(C3CCCCC3)c3n(c2c1)CCN(CC(=O)N1CCCOCC1)c1ccccc1-3. The highest BCUT2D eigenvalue weighted by Crippen LogP contribution is 2.47. The van der Waals surface area contributed by atoms with Crippen molar-refractivity contribution in [1.82, 2.24) is 9.47 Å². The molecular formula is C30H36ClN3O4. The number of hydrogen-bond acceptors (Lipinski definition) is 4. The number of para-hydroxylation sites is 1. The molecule has 2 fully saturated rings. The van der Waals surface area contributed by atoms with Crippen molar-refractivity contribution in [3.8, 4) is 11.3 Å². The van der Waals surface area contributed by atoms with Crippen molar-refractivity contribution in [2.24, 2.45) is 0 Å². The molecular weight excluding hydrogens is 502 g/mol. The molecule has 0 atom stereocenters. The van der Waals surface area contributed by atoms with Crippen LogP contribution in [0.3, 0.4) is 0 Å². The van der Waals surface area contributed by atoms with E-state index >= 15 is 0 Å². The Bertz CT molecular complexity index is 1320. The standard InChI is InChI=1S/C30H35N3O4.ClH/c34-27(31-13-6-17-37-18-16-31)20-32-14-15-33-26-19-22(30(35)36)11-12-23(26)28(21-7-2-1-3-8-21)29(33)24-9-4-5-10-25(24)32;/h4-5,9-12,19,21H,1-3,6-8,13-18,20H2,(H,35,36);1H. The largest absolute Gasteiger partial charge is 0.478 e. The maximum atomic E-state index is 13.4. The van der Waals surface area contributed by atoms with Crippen LogP contribution in [0.4, 0.5) is 5.69 Å². The molecule has 2 aromatic carbocycles. The Morgan fingerprint density at radius 3 is 2.55 bits per heavy atom. The van der Waals surface area contributed by atoms with Gasteiger partial charge in [-0.3, -0.25) is 4.79 Å². The Labute approximate surface area is 229 Å². The van der Waals surface area contributed by atoms with E-state index in [2.05, 4.69) is 33.7 Å². The molecule has 0 spiro atoms. The second-order valence-electron chi connectivity index (χ2n) is 10.6. The summed E-state index contributed by atoms with van der Waals surface area (Å²) >= 11 is 0. The van der Waals surface area contributed by atoms with Gasteiger partial charge in [0, 0.05) is 54.9 Å². The molecule has 8 heteroatoms. The summed E-state index contributed by atoms with van der Waals surface area (Å²) in [5, 5.41) is 10.9. The molecule has 38 heavy (non-hydrogen) atoms. The quantitative estimate of drug-likeness (QED) is 0.472. The van der Waals surface area contributed by atoms with Crippen LogP contribution < -0.4 is 4.90 Å². The molecule has 1 aliphatic carbocycles. The minimum Gasteiger partial charge on any atom is -0.478 e. The number of hydrogen-bond donors (Lipinski definition) is 1. The van der Waals surface area contributed by atoms with E-state index in [1.54, 1.807) is 6.07 Å². The van der Waals surface area contributed by atoms with Gasteiger partial charge in [0.15, 0.2) is 0 Å². The molecule has 3 heterocycles. The van der Waals surface area contributed by atoms with E-state index in [0.717, 1.165) is 42.6 Å². The van der Waals surface area contributed by atoms with Crippen molar-refractivity contribution in [1.29, 1.82) is 0 Å². The van der Waals surface area contributed by atoms with Crippen LogP contribution in [0, 0.1) is 0 Å². The Morgan fingerprint density at radius 1 is 0.921 bits per heavy atom. The molecule has 3 aromatic rings. The molecule has 1 saturated heterocycles. The predicted molar refractivity (Wildman–Crippen MR) is 152 cm³/mol. The summed E-state index contributed by atoms with van der Waals surface area (Å²) < 4.78 is 7.89. The number of carbonyl (C=O) groups excluding carboxylic acids is 1. The Balaban J connectivity index is 0.00000294. The lowest BCUT2D eigenvalue weighted by molar-refractivity contribution is -0.129. The molecule has 0 bridgehead atoms. The number of benzene rings is 2. The number of fused-ring (bicyclic) bond motifs is 5. The third kappa shape index (κ3) is 4.90. The molecule has 1 amide bonds. The van der Waals surface area contributed by atoms with Crippen LogP contribution in [0.1, 0.15) is 60.4 Å². The first-order valence-electron chi connectivity index (χ1n) is 13.7. The zero-order valence-electron chi connectivity index (χ0n) is 21.7. The Hall–Kier alpha value is -3.03. The Kier molecular flexibility index (Phi) is 7.96. The molecule has 3 aliphatic rings. The minimum atomic E-state index is -0.903. The fourth-order valence-corrected chi connectivity index (χ4v) is 6.55. The molecule has 1 N–H and O–H groups in total. The zero-order valence-corrected chi connectivity index (χ0v) is 22.5. The van der Waals surface area contributed by atoms with Crippen LogP contribution in [-0.4, -0.2) is 65.8 Å². The number of halogens is 1. The van der Waals surface area contributed by atoms with E-state index in [4.69, 9.17) is 4.74 Å². The highest BCUT2D eigenvalue weighted by atomic mass is 35.5. The molecule has 1 aromatic heterocycles. The normalized spacial score (nSPS) is 18.2. The average molecular weight is 538 g/mol. The maximum absolute atomic E-state index is 13.4. The average Bonchev–Trinajstić information content (AvgIpc) is 3.08. The second-order valence-corrected chi connectivity index (χ2v) is 10.6. The highest BCUT2D eigenvalue weighted by molar-refractivity contribution is 6.00. The van der Waals surface area contributed by atoms with Crippen LogP contribution >= 0.6 is 12.4 Å². The summed E-state index contributed by atoms with van der Waals surface area (Å²) in [6.45, 7) is 4.40. The van der Waals surface area contributed by atoms with Gasteiger partial charge in [0.2, 0.25) is 5.91 Å². The van der Waals surface area contributed by atoms with Gasteiger partial charge in [-0.2, -0.15) is 0 Å². The highest BCUT2D eigenvalue weighted by Gasteiger charge is 2.31. The summed E-state index contributed by atoms with van der Waals surface area (Å²) in [6, 6.07) is 14.0. The summed E-state index contributed by atoms with van der Waals surface area (Å²) in [7, 11) is 0. The number of carbonyl (C=O) groups is 2. The molecule has 0 unspecified atom stereocenters. The van der Waals surface area contributed by atoms with Gasteiger partial charge >= 0.3 is 5.97 Å². The van der Waals surface area contributed by atoms with Crippen molar-refractivity contribution in [3.63, 3.8) is 0 Å². The van der Waals surface area contributed by atoms with E-state index in [1.165, 1.54) is 35.9 Å². The van der Waals surface area contributed by atoms with Crippen molar-refractivity contribution >= 4 is 40.9 Å². The lowest BCUT2D eigenvalue weighted by Crippen LogP contribution is -2.42. The van der Waals surface area contributed by atoms with E-state index in [0.29, 0.717) is 50.9 Å². The second kappa shape index (κ2) is 11.4. The minimum absolute atomic E-state index is 0. The number of aromatic carboxylic acids is 1. The number of aromatic nitrogens is 1. The number of rotatable bonds is 4. The van der Waals surface area contributed by atoms with Crippen LogP contribution in [0.15, 0.2) is 42.5 Å². The molecule has 0 radical (unpaired) electrons. The van der Waals surface area contributed by atoms with Gasteiger partial charge in [-0.25, -0.2) is 4.79 Å². The fourth-order valence-electron chi connectivity index (χ4n) is 6.55. The first kappa shape index (κ1) is 26.6. The summed E-state index contributed by atoms with van der Waals surface area (Å²) in [6.07, 6.45) is 6.93. The molecule has 7 nitrogen and oxygen atoms in total. The van der Waals surface area contributed by atoms with Crippen LogP contribution in [0.2, 0.25) is 0 Å².